The third kappa shape index (κ3) is 4.12. The summed E-state index contributed by atoms with van der Waals surface area (Å²) in [6, 6.07) is 7.80. The Bertz CT molecular complexity index is 1130. The second-order valence-electron chi connectivity index (χ2n) is 5.91. The normalized spacial score (nSPS) is 11.2. The fourth-order valence-corrected chi connectivity index (χ4v) is 2.65. The highest BCUT2D eigenvalue weighted by atomic mass is 16.5. The van der Waals surface area contributed by atoms with Crippen molar-refractivity contribution in [1.82, 2.24) is 0 Å². The first kappa shape index (κ1) is 19.0. The maximum Gasteiger partial charge on any atom is 0.336 e. The highest BCUT2D eigenvalue weighted by molar-refractivity contribution is 5.91. The number of hydrogen-bond acceptors (Lipinski definition) is 8. The van der Waals surface area contributed by atoms with Crippen molar-refractivity contribution in [2.45, 2.75) is 13.3 Å². The Kier molecular flexibility index (Phi) is 5.30. The summed E-state index contributed by atoms with van der Waals surface area (Å²) in [7, 11) is 0. The number of fused-ring (bicyclic) bond motifs is 1. The van der Waals surface area contributed by atoms with Gasteiger partial charge in [-0.05, 0) is 36.8 Å². The predicted molar refractivity (Wildman–Crippen MR) is 102 cm³/mol. The van der Waals surface area contributed by atoms with Gasteiger partial charge in [-0.3, -0.25) is 9.79 Å². The van der Waals surface area contributed by atoms with E-state index in [2.05, 4.69) is 4.99 Å². The number of esters is 1. The minimum absolute atomic E-state index is 0.0551. The Morgan fingerprint density at radius 3 is 2.68 bits per heavy atom. The van der Waals surface area contributed by atoms with E-state index < -0.39 is 11.6 Å². The van der Waals surface area contributed by atoms with Gasteiger partial charge in [0, 0.05) is 29.3 Å². The van der Waals surface area contributed by atoms with E-state index in [0.29, 0.717) is 10.9 Å². The topological polar surface area (TPSA) is 130 Å². The molecule has 144 valence electrons. The molecule has 0 saturated carbocycles. The number of carbonyl (C=O) groups is 1. The van der Waals surface area contributed by atoms with Crippen LogP contribution in [0.25, 0.3) is 11.0 Å². The van der Waals surface area contributed by atoms with Crippen LogP contribution in [0.5, 0.6) is 17.2 Å². The zero-order valence-corrected chi connectivity index (χ0v) is 14.9. The molecule has 3 aromatic rings. The molecule has 3 N–H and O–H groups in total. The highest BCUT2D eigenvalue weighted by Gasteiger charge is 2.14. The predicted octanol–water partition coefficient (Wildman–Crippen LogP) is 2.77. The van der Waals surface area contributed by atoms with Crippen LogP contribution in [0.1, 0.15) is 18.1 Å². The molecule has 0 spiro atoms. The molecular formula is C20H17NO7. The Morgan fingerprint density at radius 2 is 1.93 bits per heavy atom. The average molecular weight is 383 g/mol. The summed E-state index contributed by atoms with van der Waals surface area (Å²) in [6.07, 6.45) is 1.12. The third-order valence-corrected chi connectivity index (χ3v) is 3.92. The molecular weight excluding hydrogens is 366 g/mol. The Labute approximate surface area is 159 Å². The smallest absolute Gasteiger partial charge is 0.336 e. The molecule has 0 saturated heterocycles. The average Bonchev–Trinajstić information content (AvgIpc) is 2.63. The lowest BCUT2D eigenvalue weighted by Crippen LogP contribution is -2.10. The van der Waals surface area contributed by atoms with Crippen LogP contribution in [-0.4, -0.2) is 34.1 Å². The van der Waals surface area contributed by atoms with Crippen LogP contribution in [0.4, 0.5) is 5.69 Å². The molecule has 0 amide bonds. The van der Waals surface area contributed by atoms with Crippen LogP contribution in [0.3, 0.4) is 0 Å². The van der Waals surface area contributed by atoms with E-state index in [1.165, 1.54) is 42.6 Å². The fourth-order valence-electron chi connectivity index (χ4n) is 2.65. The summed E-state index contributed by atoms with van der Waals surface area (Å²) in [5.74, 6) is -0.923. The lowest BCUT2D eigenvalue weighted by molar-refractivity contribution is -0.142. The molecule has 0 aliphatic rings. The van der Waals surface area contributed by atoms with Crippen molar-refractivity contribution in [2.24, 2.45) is 4.99 Å². The van der Waals surface area contributed by atoms with Crippen molar-refractivity contribution >= 4 is 28.8 Å². The van der Waals surface area contributed by atoms with E-state index in [4.69, 9.17) is 9.15 Å². The summed E-state index contributed by atoms with van der Waals surface area (Å²) < 4.78 is 10.0. The van der Waals surface area contributed by atoms with Gasteiger partial charge < -0.3 is 24.5 Å². The second-order valence-corrected chi connectivity index (χ2v) is 5.91. The van der Waals surface area contributed by atoms with Crippen molar-refractivity contribution < 1.29 is 29.3 Å². The number of ether oxygens (including phenoxy) is 1. The summed E-state index contributed by atoms with van der Waals surface area (Å²) in [5.41, 5.74) is 0.178. The standard InChI is InChI=1S/C20H17NO7/c1-2-27-19(25)6-11-7-20(26)28-18-9-17(24)15(8-14(11)18)21-10-12-5-13(22)3-4-16(12)23/h3-5,7-10,22-24H,2,6H2,1H3. The van der Waals surface area contributed by atoms with Crippen molar-refractivity contribution in [2.75, 3.05) is 6.61 Å². The number of rotatable bonds is 5. The Hall–Kier alpha value is -3.81. The van der Waals surface area contributed by atoms with E-state index in [0.717, 1.165) is 0 Å². The number of aromatic hydroxyl groups is 3. The zero-order valence-electron chi connectivity index (χ0n) is 14.9. The summed E-state index contributed by atoms with van der Waals surface area (Å²) in [6.45, 7) is 1.89. The van der Waals surface area contributed by atoms with Gasteiger partial charge >= 0.3 is 11.6 Å². The molecule has 28 heavy (non-hydrogen) atoms. The monoisotopic (exact) mass is 383 g/mol. The van der Waals surface area contributed by atoms with Crippen LogP contribution in [0, 0.1) is 0 Å². The third-order valence-electron chi connectivity index (χ3n) is 3.92. The number of phenols is 3. The van der Waals surface area contributed by atoms with Gasteiger partial charge in [-0.2, -0.15) is 0 Å². The molecule has 0 bridgehead atoms. The molecule has 3 rings (SSSR count). The van der Waals surface area contributed by atoms with Gasteiger partial charge in [0.15, 0.2) is 0 Å². The number of phenolic OH excluding ortho intramolecular Hbond substituents is 3. The van der Waals surface area contributed by atoms with Gasteiger partial charge in [-0.1, -0.05) is 0 Å². The van der Waals surface area contributed by atoms with E-state index in [-0.39, 0.29) is 47.1 Å². The number of benzene rings is 2. The van der Waals surface area contributed by atoms with Crippen LogP contribution in [-0.2, 0) is 16.0 Å². The van der Waals surface area contributed by atoms with Gasteiger partial charge in [0.05, 0.1) is 13.0 Å². The lowest BCUT2D eigenvalue weighted by Gasteiger charge is -2.07. The molecule has 0 unspecified atom stereocenters. The first-order chi connectivity index (χ1) is 13.4. The summed E-state index contributed by atoms with van der Waals surface area (Å²) in [4.78, 5) is 27.7. The molecule has 0 radical (unpaired) electrons. The maximum absolute atomic E-state index is 11.8. The van der Waals surface area contributed by atoms with Crippen molar-refractivity contribution in [1.29, 1.82) is 0 Å². The molecule has 0 aliphatic carbocycles. The van der Waals surface area contributed by atoms with E-state index in [1.54, 1.807) is 6.92 Å². The minimum atomic E-state index is -0.660. The van der Waals surface area contributed by atoms with Crippen LogP contribution < -0.4 is 5.63 Å². The van der Waals surface area contributed by atoms with E-state index >= 15 is 0 Å². The molecule has 2 aromatic carbocycles. The van der Waals surface area contributed by atoms with Crippen molar-refractivity contribution in [3.05, 3.63) is 57.9 Å². The van der Waals surface area contributed by atoms with E-state index in [9.17, 15) is 24.9 Å². The van der Waals surface area contributed by atoms with Crippen LogP contribution in [0.15, 0.2) is 50.6 Å². The molecule has 0 fully saturated rings. The lowest BCUT2D eigenvalue weighted by atomic mass is 10.1. The number of nitrogens with zero attached hydrogens (tertiary/aromatic N) is 1. The molecule has 1 aromatic heterocycles. The van der Waals surface area contributed by atoms with Gasteiger partial charge in [0.2, 0.25) is 0 Å². The zero-order chi connectivity index (χ0) is 20.3. The summed E-state index contributed by atoms with van der Waals surface area (Å²) >= 11 is 0. The first-order valence-corrected chi connectivity index (χ1v) is 8.38. The molecule has 1 heterocycles. The molecule has 8 nitrogen and oxygen atoms in total. The van der Waals surface area contributed by atoms with Crippen LogP contribution >= 0.6 is 0 Å². The molecule has 0 atom stereocenters. The van der Waals surface area contributed by atoms with Crippen molar-refractivity contribution in [3.63, 3.8) is 0 Å². The number of hydrogen-bond donors (Lipinski definition) is 3. The highest BCUT2D eigenvalue weighted by Crippen LogP contribution is 2.33. The first-order valence-electron chi connectivity index (χ1n) is 8.38. The van der Waals surface area contributed by atoms with Gasteiger partial charge in [-0.25, -0.2) is 4.79 Å². The van der Waals surface area contributed by atoms with Crippen LogP contribution in [0.2, 0.25) is 0 Å². The van der Waals surface area contributed by atoms with E-state index in [1.807, 2.05) is 0 Å². The maximum atomic E-state index is 11.8. The Balaban J connectivity index is 2.06. The quantitative estimate of drug-likeness (QED) is 0.267. The molecule has 0 aliphatic heterocycles. The largest absolute Gasteiger partial charge is 0.508 e. The van der Waals surface area contributed by atoms with Gasteiger partial charge in [-0.15, -0.1) is 0 Å². The summed E-state index contributed by atoms with van der Waals surface area (Å²) in [5, 5.41) is 29.9. The number of aliphatic imine (C=N–C) groups is 1. The SMILES string of the molecule is CCOC(=O)Cc1cc(=O)oc2cc(O)c(N=Cc3cc(O)ccc3O)cc12. The fraction of sp³-hybridized carbons (Fsp3) is 0.150. The van der Waals surface area contributed by atoms with Crippen molar-refractivity contribution in [3.8, 4) is 17.2 Å². The molecule has 8 heteroatoms. The number of carbonyl (C=O) groups excluding carboxylic acids is 1. The second kappa shape index (κ2) is 7.83. The Morgan fingerprint density at radius 1 is 1.14 bits per heavy atom. The van der Waals surface area contributed by atoms with Gasteiger partial charge in [0.25, 0.3) is 0 Å². The van der Waals surface area contributed by atoms with Gasteiger partial charge in [0.1, 0.15) is 28.5 Å². The minimum Gasteiger partial charge on any atom is -0.508 e.